The Morgan fingerprint density at radius 2 is 1.86 bits per heavy atom. The van der Waals surface area contributed by atoms with E-state index in [1.807, 2.05) is 31.2 Å². The third-order valence-corrected chi connectivity index (χ3v) is 5.62. The molecular weight excluding hydrogens is 486 g/mol. The van der Waals surface area contributed by atoms with Crippen LogP contribution >= 0.6 is 23.8 Å². The molecule has 0 radical (unpaired) electrons. The lowest BCUT2D eigenvalue weighted by atomic mass is 10.1. The number of hydrogen-bond acceptors (Lipinski definition) is 5. The van der Waals surface area contributed by atoms with E-state index < -0.39 is 11.8 Å². The van der Waals surface area contributed by atoms with E-state index in [4.69, 9.17) is 28.6 Å². The highest BCUT2D eigenvalue weighted by atomic mass is 35.5. The molecule has 1 aliphatic rings. The molecule has 1 aliphatic heterocycles. The van der Waals surface area contributed by atoms with Crippen molar-refractivity contribution in [2.45, 2.75) is 6.92 Å². The van der Waals surface area contributed by atoms with Crippen LogP contribution in [0.2, 0.25) is 5.02 Å². The van der Waals surface area contributed by atoms with Crippen LogP contribution in [0.15, 0.2) is 78.4 Å². The Labute approximate surface area is 212 Å². The molecule has 1 fully saturated rings. The molecule has 4 rings (SSSR count). The van der Waals surface area contributed by atoms with Gasteiger partial charge in [0.05, 0.1) is 10.7 Å². The fourth-order valence-electron chi connectivity index (χ4n) is 3.42. The average Bonchev–Trinajstić information content (AvgIpc) is 2.82. The Bertz CT molecular complexity index is 1360. The Morgan fingerprint density at radius 3 is 2.57 bits per heavy atom. The number of nitrogens with zero attached hydrogens (tertiary/aromatic N) is 1. The number of nitrogens with one attached hydrogen (secondary N) is 2. The lowest BCUT2D eigenvalue weighted by molar-refractivity contribution is -0.122. The van der Waals surface area contributed by atoms with Crippen LogP contribution in [0.25, 0.3) is 6.08 Å². The smallest absolute Gasteiger partial charge is 0.270 e. The number of anilines is 2. The van der Waals surface area contributed by atoms with Gasteiger partial charge in [-0.05, 0) is 72.7 Å². The zero-order valence-corrected chi connectivity index (χ0v) is 20.2. The van der Waals surface area contributed by atoms with E-state index in [2.05, 4.69) is 10.6 Å². The van der Waals surface area contributed by atoms with E-state index >= 15 is 0 Å². The maximum Gasteiger partial charge on any atom is 0.270 e. The van der Waals surface area contributed by atoms with Crippen LogP contribution in [0.3, 0.4) is 0 Å². The number of para-hydroxylation sites is 1. The molecule has 7 nitrogen and oxygen atoms in total. The number of benzene rings is 3. The van der Waals surface area contributed by atoms with Crippen molar-refractivity contribution in [1.29, 1.82) is 0 Å². The van der Waals surface area contributed by atoms with Gasteiger partial charge in [0.2, 0.25) is 0 Å². The van der Waals surface area contributed by atoms with Crippen molar-refractivity contribution in [1.82, 2.24) is 5.32 Å². The number of halogens is 1. The number of ether oxygens (including phenoxy) is 1. The van der Waals surface area contributed by atoms with Crippen molar-refractivity contribution in [3.8, 4) is 5.75 Å². The van der Waals surface area contributed by atoms with Gasteiger partial charge in [0.25, 0.3) is 17.7 Å². The van der Waals surface area contributed by atoms with E-state index in [1.165, 1.54) is 11.0 Å². The highest BCUT2D eigenvalue weighted by Gasteiger charge is 2.34. The molecule has 2 N–H and O–H groups in total. The minimum atomic E-state index is -0.601. The van der Waals surface area contributed by atoms with Gasteiger partial charge in [-0.1, -0.05) is 48.0 Å². The number of rotatable bonds is 6. The molecule has 3 aromatic rings. The predicted octanol–water partition coefficient (Wildman–Crippen LogP) is 4.50. The number of amides is 3. The zero-order chi connectivity index (χ0) is 24.9. The highest BCUT2D eigenvalue weighted by Crippen LogP contribution is 2.28. The van der Waals surface area contributed by atoms with Gasteiger partial charge < -0.3 is 10.1 Å². The number of hydrogen-bond donors (Lipinski definition) is 2. The Hall–Kier alpha value is -4.01. The van der Waals surface area contributed by atoms with Crippen LogP contribution in [-0.2, 0) is 14.4 Å². The molecule has 0 saturated carbocycles. The van der Waals surface area contributed by atoms with Gasteiger partial charge in [0, 0.05) is 5.69 Å². The van der Waals surface area contributed by atoms with Crippen LogP contribution in [0.4, 0.5) is 11.4 Å². The molecule has 0 aromatic heterocycles. The Balaban J connectivity index is 1.47. The third-order valence-electron chi connectivity index (χ3n) is 5.04. The number of aryl methyl sites for hydroxylation is 1. The van der Waals surface area contributed by atoms with Gasteiger partial charge in [0.1, 0.15) is 11.3 Å². The molecule has 9 heteroatoms. The largest absolute Gasteiger partial charge is 0.482 e. The highest BCUT2D eigenvalue weighted by molar-refractivity contribution is 7.80. The summed E-state index contributed by atoms with van der Waals surface area (Å²) in [6, 6.07) is 20.9. The topological polar surface area (TPSA) is 87.7 Å². The fourth-order valence-corrected chi connectivity index (χ4v) is 3.95. The van der Waals surface area contributed by atoms with Gasteiger partial charge in [-0.25, -0.2) is 0 Å². The first kappa shape index (κ1) is 24.1. The van der Waals surface area contributed by atoms with Crippen LogP contribution in [0.1, 0.15) is 11.1 Å². The van der Waals surface area contributed by atoms with Crippen LogP contribution in [0.5, 0.6) is 5.75 Å². The van der Waals surface area contributed by atoms with E-state index in [-0.39, 0.29) is 28.2 Å². The summed E-state index contributed by atoms with van der Waals surface area (Å²) in [7, 11) is 0. The fraction of sp³-hybridized carbons (Fsp3) is 0.0769. The van der Waals surface area contributed by atoms with Gasteiger partial charge in [-0.15, -0.1) is 0 Å². The molecule has 0 unspecified atom stereocenters. The normalized spacial score (nSPS) is 14.6. The standard InChI is InChI=1S/C26H20ClN3O4S/c1-16-6-5-7-18(12-16)28-23(31)15-34-22-11-10-17(14-21(22)27)13-20-24(32)29-26(35)30(25(20)33)19-8-3-2-4-9-19/h2-14H,15H2,1H3,(H,28,31)(H,29,32,35)/b20-13-. The SMILES string of the molecule is Cc1cccc(NC(=O)COc2ccc(/C=C3/C(=O)NC(=S)N(c4ccccc4)C3=O)cc2Cl)c1. The number of carbonyl (C=O) groups is 3. The summed E-state index contributed by atoms with van der Waals surface area (Å²) in [6.07, 6.45) is 1.43. The first-order valence-electron chi connectivity index (χ1n) is 10.6. The lowest BCUT2D eigenvalue weighted by Crippen LogP contribution is -2.54. The first-order valence-corrected chi connectivity index (χ1v) is 11.4. The van der Waals surface area contributed by atoms with Gasteiger partial charge >= 0.3 is 0 Å². The molecule has 0 aliphatic carbocycles. The van der Waals surface area contributed by atoms with Crippen molar-refractivity contribution in [3.05, 3.63) is 94.5 Å². The molecule has 0 atom stereocenters. The molecule has 0 spiro atoms. The van der Waals surface area contributed by atoms with Crippen LogP contribution in [0, 0.1) is 6.92 Å². The van der Waals surface area contributed by atoms with Crippen LogP contribution in [-0.4, -0.2) is 29.4 Å². The Kier molecular flexibility index (Phi) is 7.24. The lowest BCUT2D eigenvalue weighted by Gasteiger charge is -2.28. The maximum absolute atomic E-state index is 13.1. The van der Waals surface area contributed by atoms with E-state index in [9.17, 15) is 14.4 Å². The summed E-state index contributed by atoms with van der Waals surface area (Å²) < 4.78 is 5.54. The molecule has 1 saturated heterocycles. The molecule has 3 aromatic carbocycles. The maximum atomic E-state index is 13.1. The van der Waals surface area contributed by atoms with Crippen molar-refractivity contribution in [2.75, 3.05) is 16.8 Å². The van der Waals surface area contributed by atoms with Gasteiger partial charge in [0.15, 0.2) is 11.7 Å². The zero-order valence-electron chi connectivity index (χ0n) is 18.6. The van der Waals surface area contributed by atoms with Crippen molar-refractivity contribution < 1.29 is 19.1 Å². The monoisotopic (exact) mass is 505 g/mol. The molecule has 176 valence electrons. The second-order valence-electron chi connectivity index (χ2n) is 7.69. The van der Waals surface area contributed by atoms with E-state index in [0.29, 0.717) is 22.7 Å². The summed E-state index contributed by atoms with van der Waals surface area (Å²) in [5, 5.41) is 5.53. The predicted molar refractivity (Wildman–Crippen MR) is 139 cm³/mol. The molecule has 35 heavy (non-hydrogen) atoms. The number of carbonyl (C=O) groups excluding carboxylic acids is 3. The summed E-state index contributed by atoms with van der Waals surface area (Å²) in [6.45, 7) is 1.69. The minimum absolute atomic E-state index is 0.00840. The average molecular weight is 506 g/mol. The quantitative estimate of drug-likeness (QED) is 0.292. The van der Waals surface area contributed by atoms with Crippen molar-refractivity contribution >= 4 is 64.1 Å². The minimum Gasteiger partial charge on any atom is -0.482 e. The van der Waals surface area contributed by atoms with E-state index in [1.54, 1.807) is 48.5 Å². The van der Waals surface area contributed by atoms with Gasteiger partial charge in [-0.2, -0.15) is 0 Å². The van der Waals surface area contributed by atoms with E-state index in [0.717, 1.165) is 5.56 Å². The molecular formula is C26H20ClN3O4S. The van der Waals surface area contributed by atoms with Crippen molar-refractivity contribution in [3.63, 3.8) is 0 Å². The third kappa shape index (κ3) is 5.74. The summed E-state index contributed by atoms with van der Waals surface area (Å²) in [4.78, 5) is 39.0. The summed E-state index contributed by atoms with van der Waals surface area (Å²) in [5.74, 6) is -1.19. The molecule has 1 heterocycles. The number of thiocarbonyl (C=S) groups is 1. The molecule has 0 bridgehead atoms. The van der Waals surface area contributed by atoms with Gasteiger partial charge in [-0.3, -0.25) is 24.6 Å². The molecule has 3 amide bonds. The second-order valence-corrected chi connectivity index (χ2v) is 8.48. The summed E-state index contributed by atoms with van der Waals surface area (Å²) in [5.41, 5.74) is 2.65. The Morgan fingerprint density at radius 1 is 1.09 bits per heavy atom. The van der Waals surface area contributed by atoms with Crippen molar-refractivity contribution in [2.24, 2.45) is 0 Å². The van der Waals surface area contributed by atoms with Crippen LogP contribution < -0.4 is 20.3 Å². The summed E-state index contributed by atoms with van der Waals surface area (Å²) >= 11 is 11.5. The first-order chi connectivity index (χ1) is 16.8. The second kappa shape index (κ2) is 10.5.